The Morgan fingerprint density at radius 3 is 1.56 bits per heavy atom. The zero-order valence-corrected chi connectivity index (χ0v) is 36.1. The number of halogens is 2. The Morgan fingerprint density at radius 1 is 0.644 bits per heavy atom. The molecule has 0 saturated heterocycles. The average molecular weight is 825 g/mol. The number of hydrogen-bond acceptors (Lipinski definition) is 4. The van der Waals surface area contributed by atoms with Crippen LogP contribution in [-0.4, -0.2) is 18.4 Å². The van der Waals surface area contributed by atoms with Gasteiger partial charge in [-0.3, -0.25) is 0 Å². The van der Waals surface area contributed by atoms with Crippen LogP contribution < -0.4 is 2.89 Å². The van der Waals surface area contributed by atoms with Gasteiger partial charge in [-0.1, -0.05) is 13.8 Å². The van der Waals surface area contributed by atoms with Gasteiger partial charge in [0.25, 0.3) is 0 Å². The summed E-state index contributed by atoms with van der Waals surface area (Å²) in [6.45, 7) is 11.5. The molecule has 45 heavy (non-hydrogen) atoms. The van der Waals surface area contributed by atoms with Crippen molar-refractivity contribution in [1.82, 2.24) is 0 Å². The fourth-order valence-corrected chi connectivity index (χ4v) is 17.4. The Balaban J connectivity index is 1.69. The van der Waals surface area contributed by atoms with Gasteiger partial charge in [0, 0.05) is 0 Å². The van der Waals surface area contributed by atoms with Crippen molar-refractivity contribution in [2.24, 2.45) is 11.8 Å². The summed E-state index contributed by atoms with van der Waals surface area (Å²) < 4.78 is 4.49. The van der Waals surface area contributed by atoms with Crippen LogP contribution in [0.15, 0.2) is 24.3 Å². The van der Waals surface area contributed by atoms with Crippen molar-refractivity contribution in [1.29, 1.82) is 0 Å². The van der Waals surface area contributed by atoms with Gasteiger partial charge in [0.1, 0.15) is 0 Å². The van der Waals surface area contributed by atoms with Crippen molar-refractivity contribution in [3.05, 3.63) is 48.9 Å². The summed E-state index contributed by atoms with van der Waals surface area (Å²) in [5.74, 6) is 1.41. The molecule has 0 nitrogen and oxygen atoms in total. The third kappa shape index (κ3) is 8.05. The fraction of sp³-hybridized carbons (Fsp3) is 0.526. The van der Waals surface area contributed by atoms with E-state index in [0.29, 0.717) is 11.8 Å². The van der Waals surface area contributed by atoms with E-state index < -0.39 is 18.4 Å². The molecule has 0 fully saturated rings. The average Bonchev–Trinajstić information content (AvgIpc) is 3.77. The van der Waals surface area contributed by atoms with Crippen molar-refractivity contribution in [2.45, 2.75) is 114 Å². The molecule has 5 aromatic rings. The standard InChI is InChI=1S/C35H41Cl2S4.3CH3.Sn/c1-6-10-12-22(8-3)17-28-26(36)19-30(40-28)32-24-14-15-38-34(24)33(25-16-21(5)39-35(25)32)31-20-27(37)29(41-31)18-23(9-4)13-11-7-2;;;;/h14,16,19-20,22-23H,6-13,17-18H2,1-5H3;3*1H3;. The van der Waals surface area contributed by atoms with Crippen molar-refractivity contribution in [3.63, 3.8) is 0 Å². The molecule has 2 unspecified atom stereocenters. The summed E-state index contributed by atoms with van der Waals surface area (Å²) in [7, 11) is 0. The van der Waals surface area contributed by atoms with E-state index in [-0.39, 0.29) is 0 Å². The number of hydrogen-bond donors (Lipinski definition) is 0. The maximum atomic E-state index is 7.06. The fourth-order valence-electron chi connectivity index (χ4n) is 6.50. The van der Waals surface area contributed by atoms with Crippen LogP contribution in [0.4, 0.5) is 0 Å². The summed E-state index contributed by atoms with van der Waals surface area (Å²) >= 11 is 19.7. The number of thiophene rings is 4. The van der Waals surface area contributed by atoms with Crippen LogP contribution in [0, 0.1) is 18.8 Å². The van der Waals surface area contributed by atoms with Gasteiger partial charge in [0.05, 0.1) is 0 Å². The monoisotopic (exact) mass is 824 g/mol. The molecular formula is C38H50Cl2S4Sn. The van der Waals surface area contributed by atoms with Crippen LogP contribution in [0.2, 0.25) is 24.9 Å². The zero-order valence-electron chi connectivity index (χ0n) is 28.4. The molecule has 0 radical (unpaired) electrons. The van der Waals surface area contributed by atoms with Crippen molar-refractivity contribution in [3.8, 4) is 20.9 Å². The molecule has 0 spiro atoms. The molecule has 0 aliphatic heterocycles. The first kappa shape index (κ1) is 36.2. The molecule has 0 aliphatic rings. The third-order valence-electron chi connectivity index (χ3n) is 9.36. The van der Waals surface area contributed by atoms with E-state index in [1.54, 1.807) is 2.89 Å². The predicted octanol–water partition coefficient (Wildman–Crippen LogP) is 15.3. The first-order valence-electron chi connectivity index (χ1n) is 17.1. The summed E-state index contributed by atoms with van der Waals surface area (Å²) in [6.07, 6.45) is 12.3. The normalized spacial score (nSPS) is 13.8. The van der Waals surface area contributed by atoms with E-state index in [1.807, 2.05) is 34.0 Å². The van der Waals surface area contributed by atoms with E-state index in [4.69, 9.17) is 23.2 Å². The maximum absolute atomic E-state index is 7.06. The SMILES string of the molecule is CCCCC(CC)Cc1sc(-c2c3c[c]([Sn]([CH3])([CH3])[CH3])sc3c(-c3cc(Cl)c(CC(CC)CCCC)s3)c3cc(C)sc23)cc1Cl. The summed E-state index contributed by atoms with van der Waals surface area (Å²) in [5, 5.41) is 4.73. The van der Waals surface area contributed by atoms with Gasteiger partial charge >= 0.3 is 291 Å². The van der Waals surface area contributed by atoms with E-state index in [0.717, 1.165) is 22.9 Å². The van der Waals surface area contributed by atoms with Gasteiger partial charge in [-0.05, 0) is 0 Å². The number of aryl methyl sites for hydroxylation is 1. The van der Waals surface area contributed by atoms with E-state index in [9.17, 15) is 0 Å². The minimum atomic E-state index is -2.37. The minimum absolute atomic E-state index is 0.704. The molecule has 0 amide bonds. The second kappa shape index (κ2) is 15.6. The van der Waals surface area contributed by atoms with Gasteiger partial charge in [0.2, 0.25) is 0 Å². The molecule has 4 heterocycles. The summed E-state index contributed by atoms with van der Waals surface area (Å²) in [5.41, 5.74) is 2.82. The van der Waals surface area contributed by atoms with Crippen LogP contribution >= 0.6 is 68.5 Å². The van der Waals surface area contributed by atoms with Gasteiger partial charge in [0.15, 0.2) is 0 Å². The van der Waals surface area contributed by atoms with Crippen LogP contribution in [0.1, 0.15) is 93.7 Å². The molecule has 4 aromatic heterocycles. The Hall–Kier alpha value is -0.0813. The predicted molar refractivity (Wildman–Crippen MR) is 216 cm³/mol. The van der Waals surface area contributed by atoms with Crippen LogP contribution in [0.5, 0.6) is 0 Å². The summed E-state index contributed by atoms with van der Waals surface area (Å²) in [4.78, 5) is 14.4. The third-order valence-corrected chi connectivity index (χ3v) is 24.3. The molecule has 0 aliphatic carbocycles. The molecule has 0 bridgehead atoms. The van der Waals surface area contributed by atoms with Crippen molar-refractivity contribution < 1.29 is 0 Å². The molecule has 5 rings (SSSR count). The van der Waals surface area contributed by atoms with Crippen molar-refractivity contribution in [2.75, 3.05) is 0 Å². The molecule has 0 saturated carbocycles. The second-order valence-electron chi connectivity index (χ2n) is 14.0. The van der Waals surface area contributed by atoms with Crippen molar-refractivity contribution >= 4 is 110 Å². The Bertz CT molecular complexity index is 1630. The Morgan fingerprint density at radius 2 is 1.11 bits per heavy atom. The van der Waals surface area contributed by atoms with Gasteiger partial charge < -0.3 is 0 Å². The molecular weight excluding hydrogens is 774 g/mol. The first-order chi connectivity index (χ1) is 21.5. The van der Waals surface area contributed by atoms with Gasteiger partial charge in [-0.2, -0.15) is 0 Å². The quantitative estimate of drug-likeness (QED) is 0.0923. The molecule has 2 atom stereocenters. The number of fused-ring (bicyclic) bond motifs is 2. The van der Waals surface area contributed by atoms with Gasteiger partial charge in [-0.25, -0.2) is 0 Å². The van der Waals surface area contributed by atoms with Gasteiger partial charge in [-0.15, -0.1) is 0 Å². The summed E-state index contributed by atoms with van der Waals surface area (Å²) in [6, 6.07) is 9.60. The topological polar surface area (TPSA) is 0 Å². The molecule has 244 valence electrons. The Kier molecular flexibility index (Phi) is 12.6. The Labute approximate surface area is 302 Å². The number of rotatable bonds is 15. The van der Waals surface area contributed by atoms with Crippen LogP contribution in [0.3, 0.4) is 0 Å². The molecule has 7 heteroatoms. The van der Waals surface area contributed by atoms with E-state index in [1.165, 1.54) is 107 Å². The van der Waals surface area contributed by atoms with E-state index in [2.05, 4.69) is 85.0 Å². The first-order valence-corrected chi connectivity index (χ1v) is 31.1. The number of unbranched alkanes of at least 4 members (excludes halogenated alkanes) is 2. The van der Waals surface area contributed by atoms with E-state index >= 15 is 0 Å². The molecule has 1 aromatic carbocycles. The molecule has 0 N–H and O–H groups in total. The number of benzene rings is 1. The van der Waals surface area contributed by atoms with Crippen LogP contribution in [-0.2, 0) is 12.8 Å². The zero-order chi connectivity index (χ0) is 32.5. The second-order valence-corrected chi connectivity index (χ2v) is 34.8. The van der Waals surface area contributed by atoms with Crippen LogP contribution in [0.25, 0.3) is 41.1 Å².